The summed E-state index contributed by atoms with van der Waals surface area (Å²) in [5, 5.41) is 29.3. The predicted molar refractivity (Wildman–Crippen MR) is 55.0 cm³/mol. The number of rotatable bonds is 6. The molecule has 1 saturated heterocycles. The highest BCUT2D eigenvalue weighted by Crippen LogP contribution is 2.54. The van der Waals surface area contributed by atoms with E-state index in [0.717, 1.165) is 0 Å². The second-order valence-corrected chi connectivity index (χ2v) is 4.51. The van der Waals surface area contributed by atoms with E-state index in [1.165, 1.54) is 0 Å². The molecule has 1 saturated carbocycles. The second-order valence-electron chi connectivity index (χ2n) is 4.51. The van der Waals surface area contributed by atoms with Gasteiger partial charge < -0.3 is 20.1 Å². The number of nitrogens with one attached hydrogen (secondary N) is 1. The maximum atomic E-state index is 11.3. The van der Waals surface area contributed by atoms with Gasteiger partial charge in [0.2, 0.25) is 0 Å². The average molecular weight is 259 g/mol. The van der Waals surface area contributed by atoms with Gasteiger partial charge in [-0.2, -0.15) is 0 Å². The molecule has 2 fully saturated rings. The lowest BCUT2D eigenvalue weighted by atomic mass is 9.93. The Labute approximate surface area is 102 Å². The predicted octanol–water partition coefficient (Wildman–Crippen LogP) is -1.40. The first-order valence-corrected chi connectivity index (χ1v) is 5.45. The van der Waals surface area contributed by atoms with Crippen molar-refractivity contribution in [3.8, 4) is 0 Å². The Morgan fingerprint density at radius 1 is 1.28 bits per heavy atom. The van der Waals surface area contributed by atoms with Crippen molar-refractivity contribution in [2.75, 3.05) is 13.2 Å². The molecule has 18 heavy (non-hydrogen) atoms. The number of carboxylic acids is 3. The van der Waals surface area contributed by atoms with Gasteiger partial charge in [0.15, 0.2) is 0 Å². The lowest BCUT2D eigenvalue weighted by molar-refractivity contribution is -0.149. The van der Waals surface area contributed by atoms with Crippen LogP contribution >= 0.6 is 0 Å². The summed E-state index contributed by atoms with van der Waals surface area (Å²) in [5.74, 6) is -4.81. The molecule has 4 N–H and O–H groups in total. The molecule has 4 unspecified atom stereocenters. The maximum Gasteiger partial charge on any atom is 0.326 e. The van der Waals surface area contributed by atoms with Gasteiger partial charge in [0.1, 0.15) is 5.54 Å². The molecule has 8 nitrogen and oxygen atoms in total. The molecule has 2 rings (SSSR count). The molecule has 1 aliphatic heterocycles. The lowest BCUT2D eigenvalue weighted by Crippen LogP contribution is -2.56. The Morgan fingerprint density at radius 2 is 1.94 bits per heavy atom. The summed E-state index contributed by atoms with van der Waals surface area (Å²) in [5.41, 5.74) is -1.48. The van der Waals surface area contributed by atoms with Crippen molar-refractivity contribution in [3.05, 3.63) is 0 Å². The molecule has 0 radical (unpaired) electrons. The molecule has 0 bridgehead atoms. The van der Waals surface area contributed by atoms with Gasteiger partial charge in [0.25, 0.3) is 0 Å². The van der Waals surface area contributed by atoms with Crippen LogP contribution < -0.4 is 5.32 Å². The fraction of sp³-hybridized carbons (Fsp3) is 0.700. The van der Waals surface area contributed by atoms with E-state index in [2.05, 4.69) is 5.32 Å². The minimum Gasteiger partial charge on any atom is -0.481 e. The highest BCUT2D eigenvalue weighted by molar-refractivity contribution is 5.86. The van der Waals surface area contributed by atoms with Crippen molar-refractivity contribution in [1.29, 1.82) is 0 Å². The summed E-state index contributed by atoms with van der Waals surface area (Å²) in [4.78, 5) is 32.6. The highest BCUT2D eigenvalue weighted by Gasteiger charge is 2.73. The minimum absolute atomic E-state index is 0.0411. The van der Waals surface area contributed by atoms with Gasteiger partial charge in [-0.05, 0) is 0 Å². The van der Waals surface area contributed by atoms with Crippen molar-refractivity contribution in [1.82, 2.24) is 5.32 Å². The molecule has 0 amide bonds. The average Bonchev–Trinajstić information content (AvgIpc) is 2.88. The molecule has 0 aromatic rings. The number of carboxylic acid groups (broad SMARTS) is 3. The molecule has 0 aromatic heterocycles. The van der Waals surface area contributed by atoms with Crippen molar-refractivity contribution in [3.63, 3.8) is 0 Å². The third kappa shape index (κ3) is 1.83. The van der Waals surface area contributed by atoms with Crippen LogP contribution in [0.2, 0.25) is 0 Å². The fourth-order valence-corrected chi connectivity index (χ4v) is 2.54. The third-order valence-electron chi connectivity index (χ3n) is 3.47. The van der Waals surface area contributed by atoms with Crippen LogP contribution in [-0.4, -0.2) is 58.0 Å². The SMILES string of the molecule is O=C(O)CCNC1(C(=O)O)COC2C(C(=O)O)C21. The number of hydrogen-bond donors (Lipinski definition) is 4. The van der Waals surface area contributed by atoms with Gasteiger partial charge in [-0.25, -0.2) is 0 Å². The van der Waals surface area contributed by atoms with E-state index in [0.29, 0.717) is 0 Å². The summed E-state index contributed by atoms with van der Waals surface area (Å²) in [7, 11) is 0. The van der Waals surface area contributed by atoms with Gasteiger partial charge in [-0.3, -0.25) is 19.7 Å². The van der Waals surface area contributed by atoms with Crippen molar-refractivity contribution in [2.45, 2.75) is 18.1 Å². The van der Waals surface area contributed by atoms with Crippen molar-refractivity contribution >= 4 is 17.9 Å². The summed E-state index contributed by atoms with van der Waals surface area (Å²) < 4.78 is 5.16. The zero-order valence-corrected chi connectivity index (χ0v) is 9.33. The van der Waals surface area contributed by atoms with Crippen molar-refractivity contribution < 1.29 is 34.4 Å². The Balaban J connectivity index is 2.07. The molecule has 0 aromatic carbocycles. The third-order valence-corrected chi connectivity index (χ3v) is 3.47. The van der Waals surface area contributed by atoms with E-state index < -0.39 is 41.4 Å². The molecule has 1 aliphatic carbocycles. The smallest absolute Gasteiger partial charge is 0.326 e. The summed E-state index contributed by atoms with van der Waals surface area (Å²) in [6, 6.07) is 0. The van der Waals surface area contributed by atoms with E-state index in [-0.39, 0.29) is 19.6 Å². The van der Waals surface area contributed by atoms with Crippen LogP contribution in [-0.2, 0) is 19.1 Å². The molecule has 8 heteroatoms. The number of aliphatic carboxylic acids is 3. The highest BCUT2D eigenvalue weighted by atomic mass is 16.5. The Morgan fingerprint density at radius 3 is 2.39 bits per heavy atom. The molecule has 1 heterocycles. The molecular weight excluding hydrogens is 246 g/mol. The van der Waals surface area contributed by atoms with E-state index in [1.807, 2.05) is 0 Å². The Hall–Kier alpha value is -1.67. The Bertz CT molecular complexity index is 409. The van der Waals surface area contributed by atoms with E-state index >= 15 is 0 Å². The van der Waals surface area contributed by atoms with Crippen molar-refractivity contribution in [2.24, 2.45) is 11.8 Å². The summed E-state index contributed by atoms with van der Waals surface area (Å²) >= 11 is 0. The topological polar surface area (TPSA) is 133 Å². The van der Waals surface area contributed by atoms with Gasteiger partial charge >= 0.3 is 17.9 Å². The van der Waals surface area contributed by atoms with E-state index in [1.54, 1.807) is 0 Å². The largest absolute Gasteiger partial charge is 0.481 e. The number of hydrogen-bond acceptors (Lipinski definition) is 5. The fourth-order valence-electron chi connectivity index (χ4n) is 2.54. The molecule has 0 spiro atoms. The van der Waals surface area contributed by atoms with E-state index in [9.17, 15) is 19.5 Å². The van der Waals surface area contributed by atoms with Crippen LogP contribution in [0.5, 0.6) is 0 Å². The standard InChI is InChI=1S/C10H13NO7/c12-4(13)1-2-11-10(9(16)17)3-18-7-5(6(7)10)8(14)15/h5-7,11H,1-3H2,(H,12,13)(H,14,15)(H,16,17). The van der Waals surface area contributed by atoms with Gasteiger partial charge in [-0.15, -0.1) is 0 Å². The van der Waals surface area contributed by atoms with Crippen LogP contribution in [0.15, 0.2) is 0 Å². The second kappa shape index (κ2) is 4.21. The molecule has 2 aliphatic rings. The molecule has 4 atom stereocenters. The van der Waals surface area contributed by atoms with Gasteiger partial charge in [0.05, 0.1) is 25.0 Å². The normalized spacial score (nSPS) is 37.0. The van der Waals surface area contributed by atoms with Gasteiger partial charge in [-0.1, -0.05) is 0 Å². The van der Waals surface area contributed by atoms with E-state index in [4.69, 9.17) is 14.9 Å². The number of carbonyl (C=O) groups is 3. The van der Waals surface area contributed by atoms with Crippen LogP contribution in [0.4, 0.5) is 0 Å². The molecule has 100 valence electrons. The summed E-state index contributed by atoms with van der Waals surface area (Å²) in [6.45, 7) is -0.179. The zero-order chi connectivity index (χ0) is 13.5. The monoisotopic (exact) mass is 259 g/mol. The maximum absolute atomic E-state index is 11.3. The lowest BCUT2D eigenvalue weighted by Gasteiger charge is -2.26. The molecular formula is C10H13NO7. The minimum atomic E-state index is -1.48. The zero-order valence-electron chi connectivity index (χ0n) is 9.33. The summed E-state index contributed by atoms with van der Waals surface area (Å²) in [6.07, 6.45) is -0.819. The first-order chi connectivity index (χ1) is 8.40. The Kier molecular flexibility index (Phi) is 2.99. The first kappa shape index (κ1) is 12.8. The van der Waals surface area contributed by atoms with Gasteiger partial charge in [0, 0.05) is 12.5 Å². The number of fused-ring (bicyclic) bond motifs is 1. The van der Waals surface area contributed by atoms with Crippen LogP contribution in [0.1, 0.15) is 6.42 Å². The van der Waals surface area contributed by atoms with Crippen LogP contribution in [0.25, 0.3) is 0 Å². The quantitative estimate of drug-likeness (QED) is 0.458. The first-order valence-electron chi connectivity index (χ1n) is 5.45. The number of ether oxygens (including phenoxy) is 1. The van der Waals surface area contributed by atoms with Crippen LogP contribution in [0.3, 0.4) is 0 Å². The van der Waals surface area contributed by atoms with Crippen LogP contribution in [0, 0.1) is 11.8 Å².